The van der Waals surface area contributed by atoms with Crippen molar-refractivity contribution < 1.29 is 4.39 Å². The van der Waals surface area contributed by atoms with Gasteiger partial charge < -0.3 is 5.32 Å². The third-order valence-electron chi connectivity index (χ3n) is 3.23. The summed E-state index contributed by atoms with van der Waals surface area (Å²) in [4.78, 5) is 0. The number of nitrogens with zero attached hydrogens (tertiary/aromatic N) is 3. The molecule has 0 fully saturated rings. The Balaban J connectivity index is 1.76. The quantitative estimate of drug-likeness (QED) is 0.798. The van der Waals surface area contributed by atoms with Crippen LogP contribution in [0.5, 0.6) is 0 Å². The largest absolute Gasteiger partial charge is 0.378 e. The average Bonchev–Trinajstić information content (AvgIpc) is 2.96. The van der Waals surface area contributed by atoms with Crippen LogP contribution < -0.4 is 5.32 Å². The highest BCUT2D eigenvalue weighted by atomic mass is 19.1. The van der Waals surface area contributed by atoms with Gasteiger partial charge in [-0.3, -0.25) is 4.57 Å². The van der Waals surface area contributed by atoms with Crippen molar-refractivity contribution in [3.8, 4) is 5.69 Å². The molecule has 0 atom stereocenters. The van der Waals surface area contributed by atoms with Crippen molar-refractivity contribution in [2.75, 3.05) is 5.32 Å². The van der Waals surface area contributed by atoms with E-state index in [1.165, 1.54) is 17.7 Å². The molecule has 0 unspecified atom stereocenters. The number of halogens is 1. The third-order valence-corrected chi connectivity index (χ3v) is 3.23. The first-order chi connectivity index (χ1) is 10.2. The fourth-order valence-corrected chi connectivity index (χ4v) is 2.05. The fraction of sp³-hybridized carbons (Fsp3) is 0.125. The first-order valence-corrected chi connectivity index (χ1v) is 6.68. The highest BCUT2D eigenvalue weighted by Gasteiger charge is 2.06. The van der Waals surface area contributed by atoms with Crippen molar-refractivity contribution in [3.63, 3.8) is 0 Å². The van der Waals surface area contributed by atoms with Gasteiger partial charge in [-0.2, -0.15) is 0 Å². The minimum atomic E-state index is -0.247. The Morgan fingerprint density at radius 2 is 1.76 bits per heavy atom. The first kappa shape index (κ1) is 13.3. The summed E-state index contributed by atoms with van der Waals surface area (Å²) in [6, 6.07) is 14.4. The maximum atomic E-state index is 12.9. The van der Waals surface area contributed by atoms with Gasteiger partial charge in [0.05, 0.1) is 6.54 Å². The van der Waals surface area contributed by atoms with E-state index in [9.17, 15) is 4.39 Å². The number of benzene rings is 2. The topological polar surface area (TPSA) is 42.7 Å². The number of aryl methyl sites for hydroxylation is 1. The summed E-state index contributed by atoms with van der Waals surface area (Å²) in [6.45, 7) is 2.56. The number of nitrogens with one attached hydrogen (secondary N) is 1. The van der Waals surface area contributed by atoms with E-state index < -0.39 is 0 Å². The molecule has 5 heteroatoms. The summed E-state index contributed by atoms with van der Waals surface area (Å²) in [5, 5.41) is 11.3. The Kier molecular flexibility index (Phi) is 3.64. The lowest BCUT2D eigenvalue weighted by atomic mass is 10.2. The fourth-order valence-electron chi connectivity index (χ4n) is 2.05. The second-order valence-electron chi connectivity index (χ2n) is 4.81. The maximum Gasteiger partial charge on any atom is 0.156 e. The molecule has 1 heterocycles. The summed E-state index contributed by atoms with van der Waals surface area (Å²) in [5.74, 6) is 0.548. The van der Waals surface area contributed by atoms with Crippen LogP contribution in [0.4, 0.5) is 10.1 Å². The summed E-state index contributed by atoms with van der Waals surface area (Å²) >= 11 is 0. The van der Waals surface area contributed by atoms with Gasteiger partial charge in [-0.25, -0.2) is 4.39 Å². The molecule has 0 aliphatic rings. The summed E-state index contributed by atoms with van der Waals surface area (Å²) < 4.78 is 14.8. The zero-order valence-electron chi connectivity index (χ0n) is 11.6. The molecule has 0 saturated carbocycles. The van der Waals surface area contributed by atoms with E-state index in [0.717, 1.165) is 17.2 Å². The Hall–Kier alpha value is -2.69. The smallest absolute Gasteiger partial charge is 0.156 e. The van der Waals surface area contributed by atoms with Crippen molar-refractivity contribution in [1.82, 2.24) is 14.8 Å². The molecule has 3 aromatic rings. The molecule has 0 aliphatic heterocycles. The van der Waals surface area contributed by atoms with Gasteiger partial charge in [-0.1, -0.05) is 17.7 Å². The van der Waals surface area contributed by atoms with Crippen LogP contribution >= 0.6 is 0 Å². The molecular formula is C16H15FN4. The predicted molar refractivity (Wildman–Crippen MR) is 79.8 cm³/mol. The van der Waals surface area contributed by atoms with Crippen LogP contribution in [0.25, 0.3) is 5.69 Å². The average molecular weight is 282 g/mol. The molecule has 4 nitrogen and oxygen atoms in total. The van der Waals surface area contributed by atoms with E-state index in [2.05, 4.69) is 15.5 Å². The van der Waals surface area contributed by atoms with Gasteiger partial charge in [-0.05, 0) is 43.3 Å². The van der Waals surface area contributed by atoms with E-state index in [1.807, 2.05) is 35.8 Å². The summed E-state index contributed by atoms with van der Waals surface area (Å²) in [5.41, 5.74) is 3.06. The number of aromatic nitrogens is 3. The van der Waals surface area contributed by atoms with Gasteiger partial charge in [0.15, 0.2) is 5.82 Å². The van der Waals surface area contributed by atoms with Crippen LogP contribution in [-0.4, -0.2) is 14.8 Å². The maximum absolute atomic E-state index is 12.9. The molecule has 1 aromatic heterocycles. The SMILES string of the molecule is Cc1ccc(-n2cnnc2CNc2ccc(F)cc2)cc1. The minimum Gasteiger partial charge on any atom is -0.378 e. The molecule has 0 amide bonds. The molecule has 21 heavy (non-hydrogen) atoms. The van der Waals surface area contributed by atoms with Crippen LogP contribution in [0.1, 0.15) is 11.4 Å². The van der Waals surface area contributed by atoms with Gasteiger partial charge in [0.1, 0.15) is 12.1 Å². The Bertz CT molecular complexity index is 717. The van der Waals surface area contributed by atoms with Crippen LogP contribution in [0.2, 0.25) is 0 Å². The van der Waals surface area contributed by atoms with E-state index >= 15 is 0 Å². The van der Waals surface area contributed by atoms with Crippen LogP contribution in [0.15, 0.2) is 54.9 Å². The molecule has 1 N–H and O–H groups in total. The molecular weight excluding hydrogens is 267 g/mol. The minimum absolute atomic E-state index is 0.247. The molecule has 0 radical (unpaired) electrons. The lowest BCUT2D eigenvalue weighted by molar-refractivity contribution is 0.628. The highest BCUT2D eigenvalue weighted by Crippen LogP contribution is 2.13. The van der Waals surface area contributed by atoms with Crippen molar-refractivity contribution in [3.05, 3.63) is 72.1 Å². The molecule has 2 aromatic carbocycles. The van der Waals surface area contributed by atoms with Crippen molar-refractivity contribution in [2.24, 2.45) is 0 Å². The van der Waals surface area contributed by atoms with E-state index in [1.54, 1.807) is 18.5 Å². The zero-order valence-corrected chi connectivity index (χ0v) is 11.6. The van der Waals surface area contributed by atoms with E-state index in [0.29, 0.717) is 6.54 Å². The third kappa shape index (κ3) is 3.08. The van der Waals surface area contributed by atoms with Gasteiger partial charge in [0, 0.05) is 11.4 Å². The second-order valence-corrected chi connectivity index (χ2v) is 4.81. The molecule has 0 spiro atoms. The number of rotatable bonds is 4. The Morgan fingerprint density at radius 1 is 1.05 bits per heavy atom. The second kappa shape index (κ2) is 5.75. The van der Waals surface area contributed by atoms with Crippen molar-refractivity contribution in [1.29, 1.82) is 0 Å². The Labute approximate surface area is 122 Å². The summed E-state index contributed by atoms with van der Waals surface area (Å²) in [6.07, 6.45) is 1.69. The van der Waals surface area contributed by atoms with E-state index in [-0.39, 0.29) is 5.82 Å². The predicted octanol–water partition coefficient (Wildman–Crippen LogP) is 3.33. The van der Waals surface area contributed by atoms with Gasteiger partial charge in [-0.15, -0.1) is 10.2 Å². The Morgan fingerprint density at radius 3 is 2.48 bits per heavy atom. The lowest BCUT2D eigenvalue weighted by Gasteiger charge is -2.09. The van der Waals surface area contributed by atoms with Gasteiger partial charge in [0.25, 0.3) is 0 Å². The number of hydrogen-bond donors (Lipinski definition) is 1. The number of anilines is 1. The summed E-state index contributed by atoms with van der Waals surface area (Å²) in [7, 11) is 0. The van der Waals surface area contributed by atoms with Crippen molar-refractivity contribution in [2.45, 2.75) is 13.5 Å². The van der Waals surface area contributed by atoms with Crippen LogP contribution in [0.3, 0.4) is 0 Å². The molecule has 106 valence electrons. The number of hydrogen-bond acceptors (Lipinski definition) is 3. The zero-order chi connectivity index (χ0) is 14.7. The van der Waals surface area contributed by atoms with Gasteiger partial charge in [0.2, 0.25) is 0 Å². The van der Waals surface area contributed by atoms with Gasteiger partial charge >= 0.3 is 0 Å². The lowest BCUT2D eigenvalue weighted by Crippen LogP contribution is -2.07. The van der Waals surface area contributed by atoms with E-state index in [4.69, 9.17) is 0 Å². The first-order valence-electron chi connectivity index (χ1n) is 6.68. The van der Waals surface area contributed by atoms with Crippen LogP contribution in [-0.2, 0) is 6.54 Å². The molecule has 0 aliphatic carbocycles. The standard InChI is InChI=1S/C16H15FN4/c1-12-2-8-15(9-3-12)21-11-19-20-16(21)10-18-14-6-4-13(17)5-7-14/h2-9,11,18H,10H2,1H3. The molecule has 0 saturated heterocycles. The monoisotopic (exact) mass is 282 g/mol. The molecule has 0 bridgehead atoms. The highest BCUT2D eigenvalue weighted by molar-refractivity contribution is 5.43. The molecule has 3 rings (SSSR count). The normalized spacial score (nSPS) is 10.6. The van der Waals surface area contributed by atoms with Crippen LogP contribution in [0, 0.1) is 12.7 Å². The van der Waals surface area contributed by atoms with Crippen molar-refractivity contribution >= 4 is 5.69 Å².